The first kappa shape index (κ1) is 25.2. The first-order chi connectivity index (χ1) is 14.6. The summed E-state index contributed by atoms with van der Waals surface area (Å²) in [5, 5.41) is 6.78. The van der Waals surface area contributed by atoms with Crippen molar-refractivity contribution in [1.29, 1.82) is 0 Å². The molecule has 0 unspecified atom stereocenters. The highest BCUT2D eigenvalue weighted by Crippen LogP contribution is 2.25. The Bertz CT molecular complexity index is 843. The number of hydrogen-bond donors (Lipinski definition) is 2. The number of esters is 1. The van der Waals surface area contributed by atoms with Crippen LogP contribution in [0, 0.1) is 12.8 Å². The normalized spacial score (nSPS) is 18.7. The molecule has 0 saturated heterocycles. The van der Waals surface area contributed by atoms with E-state index in [1.807, 2.05) is 38.1 Å². The van der Waals surface area contributed by atoms with Gasteiger partial charge < -0.3 is 19.8 Å². The zero-order valence-corrected chi connectivity index (χ0v) is 20.8. The van der Waals surface area contributed by atoms with E-state index in [2.05, 4.69) is 27.5 Å². The highest BCUT2D eigenvalue weighted by atomic mass is 127. The number of hydrogen-bond acceptors (Lipinski definition) is 5. The molecular weight excluding hydrogens is 507 g/mol. The monoisotopic (exact) mass is 540 g/mol. The molecule has 1 aliphatic carbocycles. The second-order valence-corrected chi connectivity index (χ2v) is 7.65. The number of aryl methyl sites for hydroxylation is 1. The summed E-state index contributed by atoms with van der Waals surface area (Å²) in [6, 6.07) is 8.40. The molecule has 3 rings (SSSR count). The van der Waals surface area contributed by atoms with Gasteiger partial charge in [-0.05, 0) is 58.6 Å². The number of carbonyl (C=O) groups excluding carboxylic acids is 1. The van der Waals surface area contributed by atoms with Crippen LogP contribution in [-0.2, 0) is 16.1 Å². The van der Waals surface area contributed by atoms with Gasteiger partial charge in [0, 0.05) is 18.2 Å². The number of guanidine groups is 1. The molecule has 2 N–H and O–H groups in total. The summed E-state index contributed by atoms with van der Waals surface area (Å²) in [4.78, 5) is 21.1. The number of benzene rings is 1. The summed E-state index contributed by atoms with van der Waals surface area (Å²) in [5.74, 6) is 1.33. The number of carbonyl (C=O) groups is 1. The lowest BCUT2D eigenvalue weighted by Crippen LogP contribution is -2.45. The maximum Gasteiger partial charge on any atom is 0.308 e. The van der Waals surface area contributed by atoms with Gasteiger partial charge in [-0.2, -0.15) is 0 Å². The Morgan fingerprint density at radius 3 is 2.55 bits per heavy atom. The van der Waals surface area contributed by atoms with Gasteiger partial charge in [-0.3, -0.25) is 4.79 Å². The van der Waals surface area contributed by atoms with Gasteiger partial charge in [-0.25, -0.2) is 9.98 Å². The van der Waals surface area contributed by atoms with Gasteiger partial charge in [-0.1, -0.05) is 17.7 Å². The van der Waals surface area contributed by atoms with E-state index < -0.39 is 0 Å². The number of aliphatic imine (C=N–C) groups is 1. The van der Waals surface area contributed by atoms with Crippen molar-refractivity contribution in [3.8, 4) is 11.5 Å². The molecule has 1 aromatic carbocycles. The molecule has 1 aliphatic rings. The van der Waals surface area contributed by atoms with Crippen molar-refractivity contribution < 1.29 is 13.9 Å². The van der Waals surface area contributed by atoms with Crippen LogP contribution in [0.25, 0.3) is 11.5 Å². The molecule has 7 nitrogen and oxygen atoms in total. The van der Waals surface area contributed by atoms with Crippen molar-refractivity contribution in [2.75, 3.05) is 13.2 Å². The van der Waals surface area contributed by atoms with Gasteiger partial charge in [0.05, 0.1) is 19.1 Å². The second kappa shape index (κ2) is 12.7. The van der Waals surface area contributed by atoms with Gasteiger partial charge in [0.15, 0.2) is 5.96 Å². The highest BCUT2D eigenvalue weighted by Gasteiger charge is 2.27. The van der Waals surface area contributed by atoms with Gasteiger partial charge in [0.1, 0.15) is 12.0 Å². The molecule has 170 valence electrons. The van der Waals surface area contributed by atoms with Gasteiger partial charge in [-0.15, -0.1) is 24.0 Å². The molecular formula is C23H33IN4O3. The molecule has 0 amide bonds. The minimum absolute atomic E-state index is 0. The fourth-order valence-electron chi connectivity index (χ4n) is 3.62. The second-order valence-electron chi connectivity index (χ2n) is 7.65. The Morgan fingerprint density at radius 2 is 1.90 bits per heavy atom. The molecule has 1 heterocycles. The van der Waals surface area contributed by atoms with E-state index in [0.717, 1.165) is 49.4 Å². The lowest BCUT2D eigenvalue weighted by Gasteiger charge is -2.29. The molecule has 31 heavy (non-hydrogen) atoms. The topological polar surface area (TPSA) is 88.8 Å². The Labute approximate surface area is 201 Å². The van der Waals surface area contributed by atoms with E-state index in [4.69, 9.17) is 9.15 Å². The lowest BCUT2D eigenvalue weighted by atomic mass is 9.86. The summed E-state index contributed by atoms with van der Waals surface area (Å²) >= 11 is 0. The Morgan fingerprint density at radius 1 is 1.19 bits per heavy atom. The van der Waals surface area contributed by atoms with Crippen molar-refractivity contribution in [2.24, 2.45) is 10.9 Å². The molecule has 1 fully saturated rings. The maximum atomic E-state index is 11.9. The zero-order valence-electron chi connectivity index (χ0n) is 18.5. The smallest absolute Gasteiger partial charge is 0.308 e. The van der Waals surface area contributed by atoms with Gasteiger partial charge >= 0.3 is 5.97 Å². The van der Waals surface area contributed by atoms with Gasteiger partial charge in [0.25, 0.3) is 0 Å². The van der Waals surface area contributed by atoms with Crippen molar-refractivity contribution >= 4 is 35.9 Å². The predicted molar refractivity (Wildman–Crippen MR) is 132 cm³/mol. The van der Waals surface area contributed by atoms with E-state index >= 15 is 0 Å². The molecule has 1 aromatic heterocycles. The van der Waals surface area contributed by atoms with Crippen LogP contribution in [0.4, 0.5) is 0 Å². The average Bonchev–Trinajstić information content (AvgIpc) is 3.22. The van der Waals surface area contributed by atoms with E-state index in [-0.39, 0.29) is 35.9 Å². The third kappa shape index (κ3) is 7.52. The van der Waals surface area contributed by atoms with E-state index in [1.54, 1.807) is 6.26 Å². The summed E-state index contributed by atoms with van der Waals surface area (Å²) in [5.41, 5.74) is 2.95. The van der Waals surface area contributed by atoms with Crippen molar-refractivity contribution in [3.05, 3.63) is 41.8 Å². The summed E-state index contributed by atoms with van der Waals surface area (Å²) in [6.45, 7) is 7.60. The van der Waals surface area contributed by atoms with Crippen LogP contribution in [0.5, 0.6) is 0 Å². The standard InChI is InChI=1S/C23H32N4O3.HI/c1-4-24-23(27-19-12-10-18(11-13-19)22(28)29-5-2)25-14-20-15-30-21(26-20)17-8-6-16(3)7-9-17;/h6-9,15,18-19H,4-5,10-14H2,1-3H3,(H2,24,25,27);1H. The van der Waals surface area contributed by atoms with Crippen LogP contribution in [-0.4, -0.2) is 36.1 Å². The lowest BCUT2D eigenvalue weighted by molar-refractivity contribution is -0.149. The number of aromatic nitrogens is 1. The van der Waals surface area contributed by atoms with Crippen molar-refractivity contribution in [1.82, 2.24) is 15.6 Å². The quantitative estimate of drug-likeness (QED) is 0.234. The largest absolute Gasteiger partial charge is 0.466 e. The highest BCUT2D eigenvalue weighted by molar-refractivity contribution is 14.0. The third-order valence-corrected chi connectivity index (χ3v) is 5.28. The molecule has 1 saturated carbocycles. The molecule has 8 heteroatoms. The Kier molecular flexibility index (Phi) is 10.3. The third-order valence-electron chi connectivity index (χ3n) is 5.28. The molecule has 0 spiro atoms. The van der Waals surface area contributed by atoms with E-state index in [9.17, 15) is 4.79 Å². The van der Waals surface area contributed by atoms with Crippen LogP contribution in [0.1, 0.15) is 50.8 Å². The zero-order chi connectivity index (χ0) is 21.3. The minimum Gasteiger partial charge on any atom is -0.466 e. The first-order valence-corrected chi connectivity index (χ1v) is 10.8. The van der Waals surface area contributed by atoms with Gasteiger partial charge in [0.2, 0.25) is 5.89 Å². The molecule has 2 aromatic rings. The summed E-state index contributed by atoms with van der Waals surface area (Å²) < 4.78 is 10.8. The number of nitrogens with zero attached hydrogens (tertiary/aromatic N) is 2. The molecule has 0 bridgehead atoms. The predicted octanol–water partition coefficient (Wildman–Crippen LogP) is 4.45. The molecule has 0 aliphatic heterocycles. The van der Waals surface area contributed by atoms with Crippen LogP contribution < -0.4 is 10.6 Å². The van der Waals surface area contributed by atoms with E-state index in [1.165, 1.54) is 5.56 Å². The average molecular weight is 540 g/mol. The number of rotatable bonds is 7. The van der Waals surface area contributed by atoms with Crippen LogP contribution in [0.2, 0.25) is 0 Å². The summed E-state index contributed by atoms with van der Waals surface area (Å²) in [7, 11) is 0. The summed E-state index contributed by atoms with van der Waals surface area (Å²) in [6.07, 6.45) is 5.20. The van der Waals surface area contributed by atoms with E-state index in [0.29, 0.717) is 25.1 Å². The number of ether oxygens (including phenoxy) is 1. The van der Waals surface area contributed by atoms with Crippen molar-refractivity contribution in [3.63, 3.8) is 0 Å². The van der Waals surface area contributed by atoms with Crippen LogP contribution >= 0.6 is 24.0 Å². The minimum atomic E-state index is -0.0630. The van der Waals surface area contributed by atoms with Crippen molar-refractivity contribution in [2.45, 2.75) is 59.0 Å². The Hall–Kier alpha value is -2.10. The fraction of sp³-hybridized carbons (Fsp3) is 0.522. The number of oxazole rings is 1. The molecule has 0 radical (unpaired) electrons. The number of nitrogens with one attached hydrogen (secondary N) is 2. The Balaban J connectivity index is 0.00000341. The first-order valence-electron chi connectivity index (χ1n) is 10.8. The fourth-order valence-corrected chi connectivity index (χ4v) is 3.62. The number of halogens is 1. The molecule has 0 atom stereocenters. The van der Waals surface area contributed by atoms with Crippen LogP contribution in [0.3, 0.4) is 0 Å². The maximum absolute atomic E-state index is 11.9. The SMILES string of the molecule is CCNC(=NCc1coc(-c2ccc(C)cc2)n1)NC1CCC(C(=O)OCC)CC1.I. The van der Waals surface area contributed by atoms with Crippen LogP contribution in [0.15, 0.2) is 39.9 Å².